The Bertz CT molecular complexity index is 2540. The molecule has 0 amide bonds. The lowest BCUT2D eigenvalue weighted by atomic mass is 9.89. The quantitative estimate of drug-likeness (QED) is 0.199. The summed E-state index contributed by atoms with van der Waals surface area (Å²) in [5, 5.41) is 5.10. The van der Waals surface area contributed by atoms with Gasteiger partial charge in [0.25, 0.3) is 0 Å². The standard InChI is InChI=1S/C43H28N2/c1-2-12-29(13-3-1)44-39-20-10-8-16-33(39)37-26-38-34-17-9-11-21-40(34)45(42(38)27-41(37)44)30-24-22-28(23-25-30)43-35-18-6-4-14-31(35)32-15-5-7-19-36(32)43/h1-27,43H. The van der Waals surface area contributed by atoms with E-state index in [1.807, 2.05) is 0 Å². The predicted octanol–water partition coefficient (Wildman–Crippen LogP) is 11.0. The molecule has 45 heavy (non-hydrogen) atoms. The molecule has 2 heterocycles. The van der Waals surface area contributed by atoms with Crippen LogP contribution >= 0.6 is 0 Å². The smallest absolute Gasteiger partial charge is 0.0562 e. The molecule has 210 valence electrons. The molecule has 9 aromatic rings. The Morgan fingerprint density at radius 2 is 0.800 bits per heavy atom. The number of hydrogen-bond acceptors (Lipinski definition) is 0. The van der Waals surface area contributed by atoms with Gasteiger partial charge in [-0.05, 0) is 76.3 Å². The Kier molecular flexibility index (Phi) is 5.09. The number of benzene rings is 7. The van der Waals surface area contributed by atoms with Crippen LogP contribution in [0.1, 0.15) is 22.6 Å². The summed E-state index contributed by atoms with van der Waals surface area (Å²) in [6, 6.07) is 60.1. The van der Waals surface area contributed by atoms with Crippen LogP contribution in [0, 0.1) is 0 Å². The maximum Gasteiger partial charge on any atom is 0.0562 e. The Morgan fingerprint density at radius 1 is 0.333 bits per heavy atom. The Hall–Kier alpha value is -5.86. The van der Waals surface area contributed by atoms with Gasteiger partial charge in [0.2, 0.25) is 0 Å². The van der Waals surface area contributed by atoms with E-state index in [9.17, 15) is 0 Å². The molecule has 0 saturated heterocycles. The zero-order valence-electron chi connectivity index (χ0n) is 24.6. The Morgan fingerprint density at radius 3 is 1.38 bits per heavy atom. The molecule has 2 aromatic heterocycles. The monoisotopic (exact) mass is 572 g/mol. The normalized spacial score (nSPS) is 12.8. The minimum Gasteiger partial charge on any atom is -0.309 e. The van der Waals surface area contributed by atoms with Crippen LogP contribution in [0.4, 0.5) is 0 Å². The zero-order chi connectivity index (χ0) is 29.5. The number of fused-ring (bicyclic) bond motifs is 9. The molecule has 0 fully saturated rings. The molecule has 0 radical (unpaired) electrons. The topological polar surface area (TPSA) is 9.86 Å². The number of hydrogen-bond donors (Lipinski definition) is 0. The molecular formula is C43H28N2. The minimum absolute atomic E-state index is 0.241. The van der Waals surface area contributed by atoms with E-state index in [2.05, 4.69) is 173 Å². The van der Waals surface area contributed by atoms with Gasteiger partial charge in [0.05, 0.1) is 22.1 Å². The van der Waals surface area contributed by atoms with Crippen LogP contribution in [0.3, 0.4) is 0 Å². The van der Waals surface area contributed by atoms with Gasteiger partial charge in [-0.1, -0.05) is 115 Å². The van der Waals surface area contributed by atoms with Crippen LogP contribution in [0.25, 0.3) is 66.1 Å². The Balaban J connectivity index is 1.21. The molecule has 1 aliphatic rings. The average Bonchev–Trinajstić information content (AvgIpc) is 3.73. The SMILES string of the molecule is c1ccc(-n2c3ccccc3c3cc4c5ccccc5n(-c5ccc(C6c7ccccc7-c7ccccc76)cc5)c4cc32)cc1. The fourth-order valence-corrected chi connectivity index (χ4v) is 7.89. The van der Waals surface area contributed by atoms with Crippen LogP contribution < -0.4 is 0 Å². The summed E-state index contributed by atoms with van der Waals surface area (Å²) in [7, 11) is 0. The third-order valence-corrected chi connectivity index (χ3v) is 9.80. The van der Waals surface area contributed by atoms with Gasteiger partial charge in [-0.3, -0.25) is 0 Å². The highest BCUT2D eigenvalue weighted by Gasteiger charge is 2.29. The average molecular weight is 573 g/mol. The summed E-state index contributed by atoms with van der Waals surface area (Å²) in [5.41, 5.74) is 14.0. The van der Waals surface area contributed by atoms with Gasteiger partial charge >= 0.3 is 0 Å². The molecule has 0 atom stereocenters. The van der Waals surface area contributed by atoms with Crippen molar-refractivity contribution >= 4 is 43.6 Å². The van der Waals surface area contributed by atoms with Gasteiger partial charge in [0.1, 0.15) is 0 Å². The molecule has 0 aliphatic heterocycles. The van der Waals surface area contributed by atoms with Gasteiger partial charge in [0, 0.05) is 38.8 Å². The summed E-state index contributed by atoms with van der Waals surface area (Å²) < 4.78 is 4.85. The highest BCUT2D eigenvalue weighted by Crippen LogP contribution is 2.48. The first kappa shape index (κ1) is 24.6. The summed E-state index contributed by atoms with van der Waals surface area (Å²) in [5.74, 6) is 0.241. The van der Waals surface area contributed by atoms with Crippen LogP contribution in [-0.4, -0.2) is 9.13 Å². The molecule has 2 heteroatoms. The third-order valence-electron chi connectivity index (χ3n) is 9.80. The molecule has 0 N–H and O–H groups in total. The van der Waals surface area contributed by atoms with Crippen LogP contribution in [0.5, 0.6) is 0 Å². The summed E-state index contributed by atoms with van der Waals surface area (Å²) >= 11 is 0. The molecule has 0 bridgehead atoms. The van der Waals surface area contributed by atoms with Crippen molar-refractivity contribution < 1.29 is 0 Å². The van der Waals surface area contributed by atoms with Crippen molar-refractivity contribution in [1.82, 2.24) is 9.13 Å². The van der Waals surface area contributed by atoms with E-state index in [0.717, 1.165) is 0 Å². The maximum absolute atomic E-state index is 2.44. The predicted molar refractivity (Wildman–Crippen MR) is 188 cm³/mol. The lowest BCUT2D eigenvalue weighted by Crippen LogP contribution is -2.00. The minimum atomic E-state index is 0.241. The fourth-order valence-electron chi connectivity index (χ4n) is 7.89. The molecular weight excluding hydrogens is 544 g/mol. The first-order valence-corrected chi connectivity index (χ1v) is 15.7. The molecule has 0 unspecified atom stereocenters. The number of rotatable bonds is 3. The van der Waals surface area contributed by atoms with Crippen molar-refractivity contribution in [2.24, 2.45) is 0 Å². The van der Waals surface area contributed by atoms with Crippen molar-refractivity contribution in [3.63, 3.8) is 0 Å². The summed E-state index contributed by atoms with van der Waals surface area (Å²) in [4.78, 5) is 0. The van der Waals surface area contributed by atoms with Crippen molar-refractivity contribution in [1.29, 1.82) is 0 Å². The lowest BCUT2D eigenvalue weighted by Gasteiger charge is -2.16. The molecule has 7 aromatic carbocycles. The number of nitrogens with zero attached hydrogens (tertiary/aromatic N) is 2. The van der Waals surface area contributed by atoms with Gasteiger partial charge < -0.3 is 9.13 Å². The van der Waals surface area contributed by atoms with Crippen LogP contribution in [0.15, 0.2) is 164 Å². The van der Waals surface area contributed by atoms with Crippen molar-refractivity contribution in [2.75, 3.05) is 0 Å². The van der Waals surface area contributed by atoms with Crippen molar-refractivity contribution in [3.8, 4) is 22.5 Å². The van der Waals surface area contributed by atoms with E-state index in [-0.39, 0.29) is 5.92 Å². The summed E-state index contributed by atoms with van der Waals surface area (Å²) in [6.07, 6.45) is 0. The molecule has 0 spiro atoms. The van der Waals surface area contributed by atoms with Crippen LogP contribution in [-0.2, 0) is 0 Å². The van der Waals surface area contributed by atoms with Gasteiger partial charge in [0.15, 0.2) is 0 Å². The Labute approximate surface area is 261 Å². The van der Waals surface area contributed by atoms with E-state index in [1.165, 1.54) is 82.8 Å². The van der Waals surface area contributed by atoms with Gasteiger partial charge in [-0.2, -0.15) is 0 Å². The van der Waals surface area contributed by atoms with Gasteiger partial charge in [-0.15, -0.1) is 0 Å². The van der Waals surface area contributed by atoms with Crippen molar-refractivity contribution in [3.05, 3.63) is 180 Å². The lowest BCUT2D eigenvalue weighted by molar-refractivity contribution is 1.01. The van der Waals surface area contributed by atoms with Crippen LogP contribution in [0.2, 0.25) is 0 Å². The van der Waals surface area contributed by atoms with E-state index >= 15 is 0 Å². The first-order chi connectivity index (χ1) is 22.3. The third kappa shape index (κ3) is 3.45. The second-order valence-electron chi connectivity index (χ2n) is 12.1. The second kappa shape index (κ2) is 9.32. The van der Waals surface area contributed by atoms with E-state index < -0.39 is 0 Å². The van der Waals surface area contributed by atoms with E-state index in [4.69, 9.17) is 0 Å². The van der Waals surface area contributed by atoms with E-state index in [0.29, 0.717) is 0 Å². The summed E-state index contributed by atoms with van der Waals surface area (Å²) in [6.45, 7) is 0. The first-order valence-electron chi connectivity index (χ1n) is 15.7. The zero-order valence-corrected chi connectivity index (χ0v) is 24.6. The molecule has 1 aliphatic carbocycles. The largest absolute Gasteiger partial charge is 0.309 e. The molecule has 0 saturated carbocycles. The second-order valence-corrected chi connectivity index (χ2v) is 12.1. The fraction of sp³-hybridized carbons (Fsp3) is 0.0233. The van der Waals surface area contributed by atoms with Gasteiger partial charge in [-0.25, -0.2) is 0 Å². The number of aromatic nitrogens is 2. The highest BCUT2D eigenvalue weighted by molar-refractivity contribution is 6.19. The van der Waals surface area contributed by atoms with E-state index in [1.54, 1.807) is 0 Å². The number of para-hydroxylation sites is 3. The maximum atomic E-state index is 2.44. The highest BCUT2D eigenvalue weighted by atomic mass is 15.0. The van der Waals surface area contributed by atoms with Crippen molar-refractivity contribution in [2.45, 2.75) is 5.92 Å². The molecule has 2 nitrogen and oxygen atoms in total. The molecule has 10 rings (SSSR count).